The molecule has 15 heteroatoms. The summed E-state index contributed by atoms with van der Waals surface area (Å²) in [6.07, 6.45) is 1.73. The molecule has 2 amide bonds. The highest BCUT2D eigenvalue weighted by Crippen LogP contribution is 2.54. The SMILES string of the molecule is CCOc1cc(Cl)c(S(=O)(=O)CC)cc1C1=NC(C)(c2ccc(Cl)cc2)C(C)(c2ccc(Cl)cc2)N1C(=O)N1CCN(CCCS(C)(=O)=O)CC1. The maximum absolute atomic E-state index is 15.2. The van der Waals surface area contributed by atoms with Gasteiger partial charge in [-0.25, -0.2) is 21.6 Å². The summed E-state index contributed by atoms with van der Waals surface area (Å²) >= 11 is 19.3. The number of carbonyl (C=O) groups excluding carboxylic acids is 1. The lowest BCUT2D eigenvalue weighted by molar-refractivity contribution is 0.0868. The zero-order valence-corrected chi connectivity index (χ0v) is 33.2. The van der Waals surface area contributed by atoms with E-state index >= 15 is 4.79 Å². The minimum absolute atomic E-state index is 0.00782. The number of urea groups is 1. The molecule has 2 atom stereocenters. The van der Waals surface area contributed by atoms with E-state index in [2.05, 4.69) is 4.90 Å². The first-order valence-corrected chi connectivity index (χ1v) is 21.6. The molecule has 0 aromatic heterocycles. The van der Waals surface area contributed by atoms with Crippen LogP contribution in [0.2, 0.25) is 15.1 Å². The van der Waals surface area contributed by atoms with Crippen molar-refractivity contribution in [3.8, 4) is 5.75 Å². The monoisotopic (exact) mass is 796 g/mol. The topological polar surface area (TPSA) is 117 Å². The summed E-state index contributed by atoms with van der Waals surface area (Å²) in [6, 6.07) is 17.2. The molecular formula is C36H43Cl3N4O6S2. The first-order valence-electron chi connectivity index (χ1n) is 16.8. The molecule has 0 N–H and O–H groups in total. The Bertz CT molecular complexity index is 2020. The molecule has 0 saturated carbocycles. The van der Waals surface area contributed by atoms with Crippen LogP contribution in [-0.2, 0) is 30.8 Å². The highest BCUT2D eigenvalue weighted by molar-refractivity contribution is 7.91. The molecule has 0 aliphatic carbocycles. The second-order valence-electron chi connectivity index (χ2n) is 13.1. The van der Waals surface area contributed by atoms with Gasteiger partial charge in [-0.15, -0.1) is 0 Å². The van der Waals surface area contributed by atoms with Gasteiger partial charge in [0.2, 0.25) is 0 Å². The van der Waals surface area contributed by atoms with Gasteiger partial charge < -0.3 is 9.64 Å². The largest absolute Gasteiger partial charge is 0.493 e. The Morgan fingerprint density at radius 3 is 1.96 bits per heavy atom. The van der Waals surface area contributed by atoms with Gasteiger partial charge in [0.15, 0.2) is 9.84 Å². The Morgan fingerprint density at radius 2 is 1.43 bits per heavy atom. The second kappa shape index (κ2) is 15.2. The number of rotatable bonds is 11. The van der Waals surface area contributed by atoms with Gasteiger partial charge in [-0.3, -0.25) is 14.8 Å². The van der Waals surface area contributed by atoms with E-state index < -0.39 is 30.8 Å². The molecule has 51 heavy (non-hydrogen) atoms. The number of piperazine rings is 1. The first-order chi connectivity index (χ1) is 23.9. The van der Waals surface area contributed by atoms with Gasteiger partial charge in [0, 0.05) is 48.5 Å². The summed E-state index contributed by atoms with van der Waals surface area (Å²) in [5.41, 5.74) is -0.530. The van der Waals surface area contributed by atoms with E-state index in [0.29, 0.717) is 54.8 Å². The Hall–Kier alpha value is -2.87. The van der Waals surface area contributed by atoms with Crippen LogP contribution in [-0.4, -0.2) is 100 Å². The minimum atomic E-state index is -3.79. The summed E-state index contributed by atoms with van der Waals surface area (Å²) < 4.78 is 56.1. The van der Waals surface area contributed by atoms with Crippen LogP contribution in [0.25, 0.3) is 0 Å². The van der Waals surface area contributed by atoms with Crippen molar-refractivity contribution >= 4 is 66.3 Å². The van der Waals surface area contributed by atoms with Crippen LogP contribution in [0.4, 0.5) is 4.79 Å². The third kappa shape index (κ3) is 7.91. The number of amides is 2. The zero-order chi connectivity index (χ0) is 37.4. The van der Waals surface area contributed by atoms with Crippen LogP contribution in [0.15, 0.2) is 70.6 Å². The molecule has 5 rings (SSSR count). The zero-order valence-electron chi connectivity index (χ0n) is 29.3. The number of benzene rings is 3. The number of hydrogen-bond acceptors (Lipinski definition) is 8. The molecule has 2 unspecified atom stereocenters. The third-order valence-electron chi connectivity index (χ3n) is 9.86. The number of ether oxygens (including phenoxy) is 1. The van der Waals surface area contributed by atoms with Crippen LogP contribution in [0.3, 0.4) is 0 Å². The second-order valence-corrected chi connectivity index (χ2v) is 18.9. The van der Waals surface area contributed by atoms with Crippen molar-refractivity contribution in [2.75, 3.05) is 57.1 Å². The lowest BCUT2D eigenvalue weighted by Gasteiger charge is -2.47. The van der Waals surface area contributed by atoms with Crippen molar-refractivity contribution in [3.63, 3.8) is 0 Å². The lowest BCUT2D eigenvalue weighted by Crippen LogP contribution is -2.60. The number of sulfone groups is 2. The number of amidine groups is 1. The molecule has 1 fully saturated rings. The standard InChI is InChI=1S/C36H43Cl3N4O6S2/c1-6-49-31-24-30(39)32(51(47,48)7-2)23-29(31)33-40-35(3,25-9-13-27(37)14-10-25)36(4,26-11-15-28(38)16-12-26)43(33)34(44)42-20-18-41(19-21-42)17-8-22-50(5,45)46/h9-16,23-24H,6-8,17-22H2,1-5H3. The number of halogens is 3. The molecular weight excluding hydrogens is 755 g/mol. The van der Waals surface area contributed by atoms with E-state index in [9.17, 15) is 16.8 Å². The molecule has 0 radical (unpaired) electrons. The van der Waals surface area contributed by atoms with Crippen molar-refractivity contribution in [2.45, 2.75) is 50.1 Å². The molecule has 2 aliphatic heterocycles. The quantitative estimate of drug-likeness (QED) is 0.207. The van der Waals surface area contributed by atoms with Gasteiger partial charge in [0.05, 0.1) is 33.6 Å². The van der Waals surface area contributed by atoms with E-state index in [4.69, 9.17) is 44.5 Å². The number of hydrogen-bond donors (Lipinski definition) is 0. The van der Waals surface area contributed by atoms with Gasteiger partial charge in [0.1, 0.15) is 32.5 Å². The van der Waals surface area contributed by atoms with Gasteiger partial charge in [0.25, 0.3) is 0 Å². The Morgan fingerprint density at radius 1 is 0.863 bits per heavy atom. The summed E-state index contributed by atoms with van der Waals surface area (Å²) in [6.45, 7) is 9.93. The lowest BCUT2D eigenvalue weighted by atomic mass is 9.71. The van der Waals surface area contributed by atoms with Crippen molar-refractivity contribution in [2.24, 2.45) is 4.99 Å². The van der Waals surface area contributed by atoms with E-state index in [1.54, 1.807) is 47.9 Å². The minimum Gasteiger partial charge on any atom is -0.493 e. The Kier molecular flexibility index (Phi) is 11.8. The number of nitrogens with zero attached hydrogens (tertiary/aromatic N) is 4. The fourth-order valence-electron chi connectivity index (χ4n) is 6.80. The molecule has 2 aliphatic rings. The van der Waals surface area contributed by atoms with Crippen molar-refractivity contribution in [1.29, 1.82) is 0 Å². The maximum Gasteiger partial charge on any atom is 0.326 e. The predicted molar refractivity (Wildman–Crippen MR) is 204 cm³/mol. The van der Waals surface area contributed by atoms with Crippen LogP contribution in [0, 0.1) is 0 Å². The fourth-order valence-corrected chi connectivity index (χ4v) is 9.18. The van der Waals surface area contributed by atoms with E-state index in [1.165, 1.54) is 18.4 Å². The highest BCUT2D eigenvalue weighted by atomic mass is 35.5. The summed E-state index contributed by atoms with van der Waals surface area (Å²) in [4.78, 5) is 26.0. The molecule has 3 aromatic rings. The summed E-state index contributed by atoms with van der Waals surface area (Å²) in [5, 5.41) is 1.06. The van der Waals surface area contributed by atoms with Crippen molar-refractivity contribution < 1.29 is 26.4 Å². The Labute approximate surface area is 316 Å². The van der Waals surface area contributed by atoms with Crippen LogP contribution >= 0.6 is 34.8 Å². The summed E-state index contributed by atoms with van der Waals surface area (Å²) in [7, 11) is -6.87. The van der Waals surface area contributed by atoms with Crippen LogP contribution in [0.5, 0.6) is 5.75 Å². The first kappa shape index (κ1) is 39.3. The maximum atomic E-state index is 15.2. The normalized spacial score (nSPS) is 21.5. The van der Waals surface area contributed by atoms with Gasteiger partial charge in [-0.2, -0.15) is 0 Å². The van der Waals surface area contributed by atoms with E-state index in [1.807, 2.05) is 38.1 Å². The molecule has 0 bridgehead atoms. The third-order valence-corrected chi connectivity index (χ3v) is 13.6. The van der Waals surface area contributed by atoms with Crippen molar-refractivity contribution in [1.82, 2.24) is 14.7 Å². The van der Waals surface area contributed by atoms with Gasteiger partial charge in [-0.1, -0.05) is 66.0 Å². The van der Waals surface area contributed by atoms with Crippen LogP contribution < -0.4 is 4.74 Å². The predicted octanol–water partition coefficient (Wildman–Crippen LogP) is 6.90. The van der Waals surface area contributed by atoms with E-state index in [-0.39, 0.29) is 45.6 Å². The van der Waals surface area contributed by atoms with Crippen LogP contribution in [0.1, 0.15) is 50.8 Å². The molecule has 10 nitrogen and oxygen atoms in total. The number of carbonyl (C=O) groups is 1. The molecule has 0 spiro atoms. The molecule has 1 saturated heterocycles. The molecule has 2 heterocycles. The fraction of sp³-hybridized carbons (Fsp3) is 0.444. The highest BCUT2D eigenvalue weighted by Gasteiger charge is 2.60. The summed E-state index contributed by atoms with van der Waals surface area (Å²) in [5.74, 6) is 0.415. The smallest absolute Gasteiger partial charge is 0.326 e. The van der Waals surface area contributed by atoms with Gasteiger partial charge >= 0.3 is 6.03 Å². The van der Waals surface area contributed by atoms with E-state index in [0.717, 1.165) is 11.1 Å². The molecule has 3 aromatic carbocycles. The molecule has 276 valence electrons. The van der Waals surface area contributed by atoms with Crippen molar-refractivity contribution in [3.05, 3.63) is 92.4 Å². The van der Waals surface area contributed by atoms with Gasteiger partial charge in [-0.05, 0) is 75.2 Å². The average molecular weight is 798 g/mol. The Balaban J connectivity index is 1.71. The average Bonchev–Trinajstić information content (AvgIpc) is 3.32. The number of aliphatic imine (C=N–C) groups is 1.